The number of likely N-dealkylation sites (tertiary alicyclic amines) is 1. The molecule has 1 unspecified atom stereocenters. The van der Waals surface area contributed by atoms with Crippen molar-refractivity contribution in [3.8, 4) is 0 Å². The fourth-order valence-corrected chi connectivity index (χ4v) is 2.68. The highest BCUT2D eigenvalue weighted by atomic mass is 32.1. The van der Waals surface area contributed by atoms with Crippen LogP contribution in [-0.4, -0.2) is 34.9 Å². The van der Waals surface area contributed by atoms with Crippen molar-refractivity contribution in [2.75, 3.05) is 18.4 Å². The van der Waals surface area contributed by atoms with Crippen molar-refractivity contribution in [3.63, 3.8) is 0 Å². The van der Waals surface area contributed by atoms with Crippen molar-refractivity contribution in [1.29, 1.82) is 0 Å². The normalized spacial score (nSPS) is 19.6. The average molecular weight is 253 g/mol. The van der Waals surface area contributed by atoms with Crippen LogP contribution in [0.25, 0.3) is 0 Å². The number of rotatable bonds is 3. The molecule has 2 heterocycles. The summed E-state index contributed by atoms with van der Waals surface area (Å²) in [6.45, 7) is 4.05. The Morgan fingerprint density at radius 2 is 2.12 bits per heavy atom. The molecule has 0 saturated carbocycles. The highest BCUT2D eigenvalue weighted by molar-refractivity contribution is 7.13. The molecule has 0 aliphatic carbocycles. The fourth-order valence-electron chi connectivity index (χ4n) is 2.14. The molecule has 0 bridgehead atoms. The largest absolute Gasteiger partial charge is 0.301 e. The van der Waals surface area contributed by atoms with Gasteiger partial charge < -0.3 is 5.32 Å². The van der Waals surface area contributed by atoms with Gasteiger partial charge in [0.25, 0.3) is 0 Å². The van der Waals surface area contributed by atoms with Gasteiger partial charge >= 0.3 is 0 Å². The van der Waals surface area contributed by atoms with Crippen molar-refractivity contribution in [3.05, 3.63) is 11.6 Å². The van der Waals surface area contributed by atoms with Gasteiger partial charge in [0.15, 0.2) is 5.13 Å². The first kappa shape index (κ1) is 12.5. The maximum absolute atomic E-state index is 12.0. The summed E-state index contributed by atoms with van der Waals surface area (Å²) in [5, 5.41) is 5.42. The summed E-state index contributed by atoms with van der Waals surface area (Å²) in [7, 11) is 0. The Balaban J connectivity index is 1.89. The molecule has 1 N–H and O–H groups in total. The summed E-state index contributed by atoms with van der Waals surface area (Å²) in [4.78, 5) is 18.4. The predicted octanol–water partition coefficient (Wildman–Crippen LogP) is 2.35. The molecule has 5 heteroatoms. The maximum Gasteiger partial charge on any atom is 0.243 e. The van der Waals surface area contributed by atoms with Crippen LogP contribution in [0.5, 0.6) is 0 Å². The molecule has 94 valence electrons. The second kappa shape index (κ2) is 6.12. The van der Waals surface area contributed by atoms with Crippen LogP contribution in [0.4, 0.5) is 5.13 Å². The molecule has 0 radical (unpaired) electrons. The quantitative estimate of drug-likeness (QED) is 0.899. The zero-order valence-corrected chi connectivity index (χ0v) is 11.0. The van der Waals surface area contributed by atoms with Crippen molar-refractivity contribution in [2.24, 2.45) is 0 Å². The van der Waals surface area contributed by atoms with Gasteiger partial charge in [0.1, 0.15) is 0 Å². The lowest BCUT2D eigenvalue weighted by molar-refractivity contribution is -0.120. The van der Waals surface area contributed by atoms with Gasteiger partial charge in [-0.2, -0.15) is 0 Å². The van der Waals surface area contributed by atoms with E-state index in [1.54, 1.807) is 6.20 Å². The second-order valence-corrected chi connectivity index (χ2v) is 5.35. The van der Waals surface area contributed by atoms with Crippen molar-refractivity contribution >= 4 is 22.4 Å². The van der Waals surface area contributed by atoms with Gasteiger partial charge in [0, 0.05) is 11.6 Å². The summed E-state index contributed by atoms with van der Waals surface area (Å²) in [5.74, 6) is 0.0573. The van der Waals surface area contributed by atoms with Gasteiger partial charge in [-0.3, -0.25) is 9.69 Å². The summed E-state index contributed by atoms with van der Waals surface area (Å²) < 4.78 is 0. The van der Waals surface area contributed by atoms with Gasteiger partial charge in [-0.05, 0) is 32.9 Å². The lowest BCUT2D eigenvalue weighted by Crippen LogP contribution is -2.42. The number of carbonyl (C=O) groups is 1. The third kappa shape index (κ3) is 3.51. The third-order valence-electron chi connectivity index (χ3n) is 3.23. The van der Waals surface area contributed by atoms with Gasteiger partial charge in [-0.25, -0.2) is 4.98 Å². The minimum absolute atomic E-state index is 0.0573. The molecule has 1 atom stereocenters. The smallest absolute Gasteiger partial charge is 0.243 e. The van der Waals surface area contributed by atoms with E-state index in [9.17, 15) is 4.79 Å². The number of nitrogens with zero attached hydrogens (tertiary/aromatic N) is 2. The monoisotopic (exact) mass is 253 g/mol. The van der Waals surface area contributed by atoms with Crippen molar-refractivity contribution in [2.45, 2.75) is 38.6 Å². The van der Waals surface area contributed by atoms with Gasteiger partial charge in [-0.1, -0.05) is 12.8 Å². The molecule has 1 aliphatic heterocycles. The number of thiazole rings is 1. The van der Waals surface area contributed by atoms with Gasteiger partial charge in [-0.15, -0.1) is 11.3 Å². The number of anilines is 1. The van der Waals surface area contributed by atoms with E-state index < -0.39 is 0 Å². The minimum atomic E-state index is -0.0583. The first-order valence-corrected chi connectivity index (χ1v) is 7.10. The zero-order valence-electron chi connectivity index (χ0n) is 10.2. The molecule has 1 saturated heterocycles. The first-order chi connectivity index (χ1) is 8.27. The molecule has 17 heavy (non-hydrogen) atoms. The number of hydrogen-bond donors (Lipinski definition) is 1. The Morgan fingerprint density at radius 1 is 1.41 bits per heavy atom. The topological polar surface area (TPSA) is 45.2 Å². The van der Waals surface area contributed by atoms with Crippen LogP contribution >= 0.6 is 11.3 Å². The lowest BCUT2D eigenvalue weighted by Gasteiger charge is -2.26. The molecule has 0 spiro atoms. The number of amides is 1. The summed E-state index contributed by atoms with van der Waals surface area (Å²) in [6, 6.07) is -0.0583. The summed E-state index contributed by atoms with van der Waals surface area (Å²) in [6.07, 6.45) is 6.69. The van der Waals surface area contributed by atoms with Gasteiger partial charge in [0.05, 0.1) is 6.04 Å². The third-order valence-corrected chi connectivity index (χ3v) is 3.92. The molecule has 1 aliphatic rings. The fraction of sp³-hybridized carbons (Fsp3) is 0.667. The van der Waals surface area contributed by atoms with Crippen LogP contribution in [0, 0.1) is 0 Å². The molecule has 1 amide bonds. The van der Waals surface area contributed by atoms with Crippen molar-refractivity contribution in [1.82, 2.24) is 9.88 Å². The zero-order chi connectivity index (χ0) is 12.1. The first-order valence-electron chi connectivity index (χ1n) is 6.22. The Hall–Kier alpha value is -0.940. The number of hydrogen-bond acceptors (Lipinski definition) is 4. The molecule has 1 aromatic heterocycles. The van der Waals surface area contributed by atoms with E-state index in [1.165, 1.54) is 37.0 Å². The molecule has 0 aromatic carbocycles. The summed E-state index contributed by atoms with van der Waals surface area (Å²) >= 11 is 1.46. The van der Waals surface area contributed by atoms with Gasteiger partial charge in [0.2, 0.25) is 5.91 Å². The molecule has 4 nitrogen and oxygen atoms in total. The van der Waals surface area contributed by atoms with E-state index in [1.807, 2.05) is 12.3 Å². The number of carbonyl (C=O) groups excluding carboxylic acids is 1. The van der Waals surface area contributed by atoms with Crippen LogP contribution in [-0.2, 0) is 4.79 Å². The van der Waals surface area contributed by atoms with Crippen LogP contribution in [0.15, 0.2) is 11.6 Å². The van der Waals surface area contributed by atoms with E-state index in [0.29, 0.717) is 5.13 Å². The van der Waals surface area contributed by atoms with Crippen molar-refractivity contribution < 1.29 is 4.79 Å². The van der Waals surface area contributed by atoms with E-state index in [2.05, 4.69) is 15.2 Å². The summed E-state index contributed by atoms with van der Waals surface area (Å²) in [5.41, 5.74) is 0. The van der Waals surface area contributed by atoms with Crippen LogP contribution < -0.4 is 5.32 Å². The average Bonchev–Trinajstić information content (AvgIpc) is 2.68. The van der Waals surface area contributed by atoms with E-state index in [-0.39, 0.29) is 11.9 Å². The maximum atomic E-state index is 12.0. The number of nitrogens with one attached hydrogen (secondary N) is 1. The number of aromatic nitrogens is 1. The standard InChI is InChI=1S/C12H19N3OS/c1-10(15-7-4-2-3-5-8-15)11(16)14-12-13-6-9-17-12/h6,9-10H,2-5,7-8H2,1H3,(H,13,14,16). The minimum Gasteiger partial charge on any atom is -0.301 e. The molecule has 2 rings (SSSR count). The highest BCUT2D eigenvalue weighted by Crippen LogP contribution is 2.15. The van der Waals surface area contributed by atoms with Crippen LogP contribution in [0.3, 0.4) is 0 Å². The van der Waals surface area contributed by atoms with Crippen LogP contribution in [0.2, 0.25) is 0 Å². The Labute approximate surface area is 106 Å². The van der Waals surface area contributed by atoms with E-state index in [0.717, 1.165) is 13.1 Å². The Kier molecular flexibility index (Phi) is 4.50. The molecular weight excluding hydrogens is 234 g/mol. The Bertz CT molecular complexity index is 345. The van der Waals surface area contributed by atoms with Crippen LogP contribution in [0.1, 0.15) is 32.6 Å². The second-order valence-electron chi connectivity index (χ2n) is 4.45. The van der Waals surface area contributed by atoms with E-state index in [4.69, 9.17) is 0 Å². The molecule has 1 aromatic rings. The predicted molar refractivity (Wildman–Crippen MR) is 70.2 cm³/mol. The Morgan fingerprint density at radius 3 is 2.71 bits per heavy atom. The lowest BCUT2D eigenvalue weighted by atomic mass is 10.2. The molecule has 1 fully saturated rings. The SMILES string of the molecule is CC(C(=O)Nc1nccs1)N1CCCCCC1. The van der Waals surface area contributed by atoms with E-state index >= 15 is 0 Å². The highest BCUT2D eigenvalue weighted by Gasteiger charge is 2.22. The molecular formula is C12H19N3OS.